The Kier molecular flexibility index (Phi) is 4.40. The number of aromatic nitrogens is 2. The Balaban J connectivity index is 2.24. The van der Waals surface area contributed by atoms with Crippen LogP contribution < -0.4 is 16.2 Å². The average molecular weight is 315 g/mol. The molecule has 1 aliphatic rings. The van der Waals surface area contributed by atoms with Crippen molar-refractivity contribution in [1.82, 2.24) is 9.78 Å². The third-order valence-electron chi connectivity index (χ3n) is 3.28. The van der Waals surface area contributed by atoms with Gasteiger partial charge in [0.2, 0.25) is 0 Å². The molecule has 1 fully saturated rings. The molecule has 5 nitrogen and oxygen atoms in total. The van der Waals surface area contributed by atoms with Crippen LogP contribution in [0.1, 0.15) is 26.2 Å². The summed E-state index contributed by atoms with van der Waals surface area (Å²) >= 11 is 3.41. The Morgan fingerprint density at radius 1 is 1.50 bits per heavy atom. The topological polar surface area (TPSA) is 64.2 Å². The first kappa shape index (κ1) is 13.5. The Labute approximate surface area is 115 Å². The van der Waals surface area contributed by atoms with E-state index in [1.54, 1.807) is 6.20 Å². The van der Waals surface area contributed by atoms with Gasteiger partial charge in [-0.2, -0.15) is 5.10 Å². The molecule has 1 aromatic heterocycles. The molecular formula is C12H19BrN4O. The van der Waals surface area contributed by atoms with E-state index >= 15 is 0 Å². The number of rotatable bonds is 3. The smallest absolute Gasteiger partial charge is 0.283 e. The van der Waals surface area contributed by atoms with Gasteiger partial charge in [-0.3, -0.25) is 4.79 Å². The highest BCUT2D eigenvalue weighted by molar-refractivity contribution is 9.10. The molecule has 0 aliphatic carbocycles. The number of nitrogens with zero attached hydrogens (tertiary/aromatic N) is 3. The highest BCUT2D eigenvalue weighted by Crippen LogP contribution is 2.24. The third kappa shape index (κ3) is 2.75. The monoisotopic (exact) mass is 314 g/mol. The SMILES string of the molecule is CCCn1ncc(N2CCC(N)CC2)c(Br)c1=O. The summed E-state index contributed by atoms with van der Waals surface area (Å²) in [7, 11) is 0. The van der Waals surface area contributed by atoms with Crippen molar-refractivity contribution in [3.8, 4) is 0 Å². The molecule has 0 atom stereocenters. The van der Waals surface area contributed by atoms with Gasteiger partial charge >= 0.3 is 0 Å². The minimum absolute atomic E-state index is 0.0516. The number of piperidine rings is 1. The first-order valence-electron chi connectivity index (χ1n) is 6.39. The zero-order valence-electron chi connectivity index (χ0n) is 10.6. The van der Waals surface area contributed by atoms with Crippen molar-refractivity contribution in [2.45, 2.75) is 38.8 Å². The number of nitrogens with two attached hydrogens (primary N) is 1. The predicted molar refractivity (Wildman–Crippen MR) is 75.9 cm³/mol. The number of hydrogen-bond donors (Lipinski definition) is 1. The fourth-order valence-electron chi connectivity index (χ4n) is 2.19. The second-order valence-electron chi connectivity index (χ2n) is 4.70. The van der Waals surface area contributed by atoms with Crippen LogP contribution in [0.15, 0.2) is 15.5 Å². The maximum Gasteiger partial charge on any atom is 0.283 e. The second-order valence-corrected chi connectivity index (χ2v) is 5.49. The molecule has 1 saturated heterocycles. The largest absolute Gasteiger partial charge is 0.369 e. The van der Waals surface area contributed by atoms with E-state index in [0.29, 0.717) is 11.0 Å². The molecule has 0 spiro atoms. The van der Waals surface area contributed by atoms with Crippen molar-refractivity contribution < 1.29 is 0 Å². The minimum Gasteiger partial charge on any atom is -0.369 e. The summed E-state index contributed by atoms with van der Waals surface area (Å²) < 4.78 is 2.12. The van der Waals surface area contributed by atoms with Crippen LogP contribution in [0.25, 0.3) is 0 Å². The quantitative estimate of drug-likeness (QED) is 0.914. The Bertz CT molecular complexity index is 466. The first-order valence-corrected chi connectivity index (χ1v) is 7.19. The van der Waals surface area contributed by atoms with Crippen LogP contribution in [-0.2, 0) is 6.54 Å². The fraction of sp³-hybridized carbons (Fsp3) is 0.667. The Hall–Kier alpha value is -0.880. The van der Waals surface area contributed by atoms with Crippen LogP contribution in [0, 0.1) is 0 Å². The molecule has 0 radical (unpaired) electrons. The van der Waals surface area contributed by atoms with E-state index in [9.17, 15) is 4.79 Å². The third-order valence-corrected chi connectivity index (χ3v) is 4.03. The molecule has 2 rings (SSSR count). The summed E-state index contributed by atoms with van der Waals surface area (Å²) in [6.45, 7) is 4.46. The molecule has 2 N–H and O–H groups in total. The molecule has 0 amide bonds. The lowest BCUT2D eigenvalue weighted by atomic mass is 10.1. The molecule has 0 saturated carbocycles. The maximum atomic E-state index is 12.1. The van der Waals surface area contributed by atoms with E-state index < -0.39 is 0 Å². The zero-order chi connectivity index (χ0) is 13.1. The van der Waals surface area contributed by atoms with E-state index in [1.165, 1.54) is 4.68 Å². The van der Waals surface area contributed by atoms with Gasteiger partial charge < -0.3 is 10.6 Å². The van der Waals surface area contributed by atoms with E-state index in [-0.39, 0.29) is 11.6 Å². The normalized spacial score (nSPS) is 17.2. The standard InChI is InChI=1S/C12H19BrN4O/c1-2-5-17-12(18)11(13)10(8-15-17)16-6-3-9(14)4-7-16/h8-9H,2-7,14H2,1H3. The number of aryl methyl sites for hydroxylation is 1. The second kappa shape index (κ2) is 5.84. The first-order chi connectivity index (χ1) is 8.63. The van der Waals surface area contributed by atoms with Crippen LogP contribution in [0.4, 0.5) is 5.69 Å². The van der Waals surface area contributed by atoms with E-state index in [1.807, 2.05) is 6.92 Å². The highest BCUT2D eigenvalue weighted by atomic mass is 79.9. The molecule has 0 aromatic carbocycles. The number of halogens is 1. The fourth-order valence-corrected chi connectivity index (χ4v) is 2.75. The van der Waals surface area contributed by atoms with Crippen LogP contribution in [0.3, 0.4) is 0 Å². The molecular weight excluding hydrogens is 296 g/mol. The van der Waals surface area contributed by atoms with Crippen LogP contribution >= 0.6 is 15.9 Å². The molecule has 0 unspecified atom stereocenters. The summed E-state index contributed by atoms with van der Waals surface area (Å²) in [6, 6.07) is 0.286. The zero-order valence-corrected chi connectivity index (χ0v) is 12.2. The van der Waals surface area contributed by atoms with Crippen molar-refractivity contribution in [1.29, 1.82) is 0 Å². The predicted octanol–water partition coefficient (Wildman–Crippen LogP) is 1.34. The van der Waals surface area contributed by atoms with Crippen molar-refractivity contribution in [2.24, 2.45) is 5.73 Å². The van der Waals surface area contributed by atoms with Crippen molar-refractivity contribution >= 4 is 21.6 Å². The van der Waals surface area contributed by atoms with Crippen LogP contribution in [0.5, 0.6) is 0 Å². The van der Waals surface area contributed by atoms with E-state index in [2.05, 4.69) is 25.9 Å². The van der Waals surface area contributed by atoms with Gasteiger partial charge in [-0.25, -0.2) is 4.68 Å². The highest BCUT2D eigenvalue weighted by Gasteiger charge is 2.20. The molecule has 0 bridgehead atoms. The maximum absolute atomic E-state index is 12.1. The number of anilines is 1. The van der Waals surface area contributed by atoms with Crippen molar-refractivity contribution in [2.75, 3.05) is 18.0 Å². The lowest BCUT2D eigenvalue weighted by Gasteiger charge is -2.32. The minimum atomic E-state index is -0.0516. The summed E-state index contributed by atoms with van der Waals surface area (Å²) in [4.78, 5) is 14.3. The van der Waals surface area contributed by atoms with Gasteiger partial charge in [0.1, 0.15) is 4.47 Å². The van der Waals surface area contributed by atoms with E-state index in [0.717, 1.165) is 38.0 Å². The molecule has 100 valence electrons. The van der Waals surface area contributed by atoms with Gasteiger partial charge in [-0.1, -0.05) is 6.92 Å². The summed E-state index contributed by atoms with van der Waals surface area (Å²) in [5.41, 5.74) is 6.72. The summed E-state index contributed by atoms with van der Waals surface area (Å²) in [5.74, 6) is 0. The van der Waals surface area contributed by atoms with Gasteiger partial charge in [0, 0.05) is 25.7 Å². The van der Waals surface area contributed by atoms with Gasteiger partial charge in [-0.05, 0) is 35.2 Å². The van der Waals surface area contributed by atoms with Gasteiger partial charge in [-0.15, -0.1) is 0 Å². The van der Waals surface area contributed by atoms with Crippen molar-refractivity contribution in [3.05, 3.63) is 21.0 Å². The lowest BCUT2D eigenvalue weighted by Crippen LogP contribution is -2.40. The Morgan fingerprint density at radius 2 is 2.17 bits per heavy atom. The molecule has 1 aromatic rings. The molecule has 2 heterocycles. The van der Waals surface area contributed by atoms with Crippen molar-refractivity contribution in [3.63, 3.8) is 0 Å². The summed E-state index contributed by atoms with van der Waals surface area (Å²) in [5, 5.41) is 4.22. The molecule has 6 heteroatoms. The summed E-state index contributed by atoms with van der Waals surface area (Å²) in [6.07, 6.45) is 4.60. The van der Waals surface area contributed by atoms with Crippen LogP contribution in [0.2, 0.25) is 0 Å². The van der Waals surface area contributed by atoms with Gasteiger partial charge in [0.25, 0.3) is 5.56 Å². The van der Waals surface area contributed by atoms with Gasteiger partial charge in [0.05, 0.1) is 11.9 Å². The van der Waals surface area contributed by atoms with E-state index in [4.69, 9.17) is 5.73 Å². The molecule has 18 heavy (non-hydrogen) atoms. The molecule has 1 aliphatic heterocycles. The van der Waals surface area contributed by atoms with Gasteiger partial charge in [0.15, 0.2) is 0 Å². The van der Waals surface area contributed by atoms with Crippen LogP contribution in [-0.4, -0.2) is 28.9 Å². The Morgan fingerprint density at radius 3 is 2.78 bits per heavy atom. The lowest BCUT2D eigenvalue weighted by molar-refractivity contribution is 0.497. The number of hydrogen-bond acceptors (Lipinski definition) is 4. The average Bonchev–Trinajstić information content (AvgIpc) is 2.37.